The van der Waals surface area contributed by atoms with Gasteiger partial charge in [0.05, 0.1) is 10.5 Å². The number of nitrogens with zero attached hydrogens (tertiary/aromatic N) is 1. The van der Waals surface area contributed by atoms with Crippen molar-refractivity contribution in [3.8, 4) is 0 Å². The van der Waals surface area contributed by atoms with Gasteiger partial charge in [0, 0.05) is 0 Å². The van der Waals surface area contributed by atoms with E-state index in [-0.39, 0.29) is 5.38 Å². The molecule has 2 aromatic carbocycles. The van der Waals surface area contributed by atoms with Crippen LogP contribution in [-0.2, 0) is 0 Å². The molecule has 0 spiro atoms. The van der Waals surface area contributed by atoms with Gasteiger partial charge in [-0.1, -0.05) is 48.0 Å². The van der Waals surface area contributed by atoms with Gasteiger partial charge in [-0.25, -0.2) is 4.98 Å². The third-order valence-electron chi connectivity index (χ3n) is 2.81. The molecule has 0 amide bonds. The Hall–Kier alpha value is -1.51. The number of rotatable bonds is 2. The van der Waals surface area contributed by atoms with Gasteiger partial charge in [0.15, 0.2) is 0 Å². The van der Waals surface area contributed by atoms with Crippen LogP contribution in [0.15, 0.2) is 48.5 Å². The zero-order chi connectivity index (χ0) is 12.5. The largest absolute Gasteiger partial charge is 0.340 e. The van der Waals surface area contributed by atoms with Crippen LogP contribution in [0.4, 0.5) is 0 Å². The molecule has 1 atom stereocenters. The van der Waals surface area contributed by atoms with Gasteiger partial charge in [0.25, 0.3) is 0 Å². The van der Waals surface area contributed by atoms with E-state index >= 15 is 0 Å². The van der Waals surface area contributed by atoms with E-state index in [2.05, 4.69) is 9.97 Å². The number of aromatic amines is 1. The normalized spacial score (nSPS) is 12.8. The van der Waals surface area contributed by atoms with E-state index in [9.17, 15) is 0 Å². The number of nitrogens with one attached hydrogen (secondary N) is 1. The van der Waals surface area contributed by atoms with Crippen LogP contribution >= 0.6 is 23.2 Å². The maximum absolute atomic E-state index is 6.42. The monoisotopic (exact) mass is 276 g/mol. The molecule has 0 aliphatic heterocycles. The molecule has 1 heterocycles. The molecule has 0 radical (unpaired) electrons. The number of aromatic nitrogens is 2. The second kappa shape index (κ2) is 4.63. The molecule has 1 unspecified atom stereocenters. The minimum atomic E-state index is -0.297. The maximum Gasteiger partial charge on any atom is 0.129 e. The van der Waals surface area contributed by atoms with E-state index in [0.29, 0.717) is 10.8 Å². The van der Waals surface area contributed by atoms with Crippen molar-refractivity contribution >= 4 is 34.2 Å². The van der Waals surface area contributed by atoms with Crippen LogP contribution in [0.2, 0.25) is 5.02 Å². The Morgan fingerprint density at radius 1 is 1.00 bits per heavy atom. The van der Waals surface area contributed by atoms with Gasteiger partial charge < -0.3 is 4.98 Å². The fourth-order valence-electron chi connectivity index (χ4n) is 1.92. The van der Waals surface area contributed by atoms with E-state index in [4.69, 9.17) is 23.2 Å². The highest BCUT2D eigenvalue weighted by Crippen LogP contribution is 2.29. The average molecular weight is 277 g/mol. The van der Waals surface area contributed by atoms with E-state index in [1.54, 1.807) is 0 Å². The van der Waals surface area contributed by atoms with Crippen molar-refractivity contribution in [3.63, 3.8) is 0 Å². The highest BCUT2D eigenvalue weighted by atomic mass is 35.5. The van der Waals surface area contributed by atoms with Crippen molar-refractivity contribution in [1.29, 1.82) is 0 Å². The van der Waals surface area contributed by atoms with Gasteiger partial charge in [0.1, 0.15) is 16.7 Å². The molecule has 0 aliphatic rings. The van der Waals surface area contributed by atoms with Crippen LogP contribution < -0.4 is 0 Å². The Labute approximate surface area is 115 Å². The summed E-state index contributed by atoms with van der Waals surface area (Å²) in [5.74, 6) is 0.714. The smallest absolute Gasteiger partial charge is 0.129 e. The fraction of sp³-hybridized carbons (Fsp3) is 0.0714. The Balaban J connectivity index is 2.07. The zero-order valence-corrected chi connectivity index (χ0v) is 10.9. The van der Waals surface area contributed by atoms with E-state index in [1.165, 1.54) is 0 Å². The summed E-state index contributed by atoms with van der Waals surface area (Å²) in [6, 6.07) is 15.5. The van der Waals surface area contributed by atoms with Gasteiger partial charge in [-0.05, 0) is 17.7 Å². The highest BCUT2D eigenvalue weighted by Gasteiger charge is 2.15. The second-order valence-corrected chi connectivity index (χ2v) is 4.87. The summed E-state index contributed by atoms with van der Waals surface area (Å²) in [7, 11) is 0. The Kier molecular flexibility index (Phi) is 2.98. The molecule has 0 saturated carbocycles. The molecular weight excluding hydrogens is 267 g/mol. The number of halogens is 2. The predicted octanol–water partition coefficient (Wildman–Crippen LogP) is 4.54. The summed E-state index contributed by atoms with van der Waals surface area (Å²) in [6.45, 7) is 0. The zero-order valence-electron chi connectivity index (χ0n) is 9.40. The molecule has 90 valence electrons. The van der Waals surface area contributed by atoms with Crippen molar-refractivity contribution in [2.24, 2.45) is 0 Å². The van der Waals surface area contributed by atoms with Crippen LogP contribution in [0.25, 0.3) is 11.0 Å². The van der Waals surface area contributed by atoms with Crippen molar-refractivity contribution in [2.45, 2.75) is 5.38 Å². The Morgan fingerprint density at radius 3 is 2.50 bits per heavy atom. The molecule has 2 nitrogen and oxygen atoms in total. The predicted molar refractivity (Wildman–Crippen MR) is 75.2 cm³/mol. The summed E-state index contributed by atoms with van der Waals surface area (Å²) in [5, 5.41) is 0.335. The lowest BCUT2D eigenvalue weighted by molar-refractivity contribution is 1.00. The maximum atomic E-state index is 6.42. The first-order valence-corrected chi connectivity index (χ1v) is 6.40. The number of benzene rings is 2. The number of imidazole rings is 1. The van der Waals surface area contributed by atoms with Gasteiger partial charge in [-0.15, -0.1) is 11.6 Å². The standard InChI is InChI=1S/C14H10Cl2N2/c15-10-7-4-8-11-13(10)18-14(17-11)12(16)9-5-2-1-3-6-9/h1-8,12H,(H,17,18). The van der Waals surface area contributed by atoms with Crippen LogP contribution in [0.5, 0.6) is 0 Å². The van der Waals surface area contributed by atoms with Gasteiger partial charge in [0.2, 0.25) is 0 Å². The third-order valence-corrected chi connectivity index (χ3v) is 3.58. The lowest BCUT2D eigenvalue weighted by Gasteiger charge is -2.05. The SMILES string of the molecule is Clc1cccc2[nH]c(C(Cl)c3ccccc3)nc12. The highest BCUT2D eigenvalue weighted by molar-refractivity contribution is 6.35. The summed E-state index contributed by atoms with van der Waals surface area (Å²) in [4.78, 5) is 7.68. The van der Waals surface area contributed by atoms with Gasteiger partial charge >= 0.3 is 0 Å². The van der Waals surface area contributed by atoms with Crippen molar-refractivity contribution in [2.75, 3.05) is 0 Å². The number of alkyl halides is 1. The molecule has 0 fully saturated rings. The molecule has 0 bridgehead atoms. The lowest BCUT2D eigenvalue weighted by Crippen LogP contribution is -1.94. The number of hydrogen-bond acceptors (Lipinski definition) is 1. The Bertz CT molecular complexity index is 677. The molecule has 18 heavy (non-hydrogen) atoms. The molecule has 0 aliphatic carbocycles. The van der Waals surface area contributed by atoms with Crippen LogP contribution in [-0.4, -0.2) is 9.97 Å². The Morgan fingerprint density at radius 2 is 1.78 bits per heavy atom. The number of para-hydroxylation sites is 1. The topological polar surface area (TPSA) is 28.7 Å². The van der Waals surface area contributed by atoms with Crippen molar-refractivity contribution < 1.29 is 0 Å². The first-order valence-electron chi connectivity index (χ1n) is 5.59. The first-order chi connectivity index (χ1) is 8.75. The van der Waals surface area contributed by atoms with Crippen LogP contribution in [0.1, 0.15) is 16.8 Å². The van der Waals surface area contributed by atoms with E-state index in [0.717, 1.165) is 16.6 Å². The number of hydrogen-bond donors (Lipinski definition) is 1. The number of fused-ring (bicyclic) bond motifs is 1. The van der Waals surface area contributed by atoms with E-state index < -0.39 is 0 Å². The molecule has 4 heteroatoms. The minimum Gasteiger partial charge on any atom is -0.340 e. The molecule has 1 aromatic heterocycles. The van der Waals surface area contributed by atoms with E-state index in [1.807, 2.05) is 48.5 Å². The molecule has 3 rings (SSSR count). The summed E-state index contributed by atoms with van der Waals surface area (Å²) < 4.78 is 0. The third kappa shape index (κ3) is 1.98. The van der Waals surface area contributed by atoms with Crippen molar-refractivity contribution in [3.05, 3.63) is 64.9 Å². The summed E-state index contributed by atoms with van der Waals surface area (Å²) in [5.41, 5.74) is 2.67. The molecule has 0 saturated heterocycles. The number of H-pyrrole nitrogens is 1. The average Bonchev–Trinajstić information content (AvgIpc) is 2.84. The molecule has 3 aromatic rings. The molecule has 1 N–H and O–H groups in total. The minimum absolute atomic E-state index is 0.297. The first kappa shape index (κ1) is 11.6. The van der Waals surface area contributed by atoms with Gasteiger partial charge in [-0.3, -0.25) is 0 Å². The van der Waals surface area contributed by atoms with Crippen LogP contribution in [0, 0.1) is 0 Å². The van der Waals surface area contributed by atoms with Crippen LogP contribution in [0.3, 0.4) is 0 Å². The fourth-order valence-corrected chi connectivity index (χ4v) is 2.38. The second-order valence-electron chi connectivity index (χ2n) is 4.03. The lowest BCUT2D eigenvalue weighted by atomic mass is 10.1. The summed E-state index contributed by atoms with van der Waals surface area (Å²) in [6.07, 6.45) is 0. The van der Waals surface area contributed by atoms with Crippen molar-refractivity contribution in [1.82, 2.24) is 9.97 Å². The van der Waals surface area contributed by atoms with Gasteiger partial charge in [-0.2, -0.15) is 0 Å². The summed E-state index contributed by atoms with van der Waals surface area (Å²) >= 11 is 12.5. The quantitative estimate of drug-likeness (QED) is 0.684. The molecular formula is C14H10Cl2N2.